The molecule has 9 heteroatoms. The normalized spacial score (nSPS) is 13.3. The maximum absolute atomic E-state index is 12.4. The van der Waals surface area contributed by atoms with Crippen molar-refractivity contribution in [2.45, 2.75) is 13.5 Å². The van der Waals surface area contributed by atoms with Gasteiger partial charge in [-0.1, -0.05) is 11.3 Å². The molecule has 3 aromatic rings. The van der Waals surface area contributed by atoms with E-state index in [2.05, 4.69) is 4.99 Å². The van der Waals surface area contributed by atoms with Crippen LogP contribution in [0.5, 0.6) is 11.5 Å². The van der Waals surface area contributed by atoms with Crippen LogP contribution in [0.25, 0.3) is 10.2 Å². The van der Waals surface area contributed by atoms with E-state index >= 15 is 0 Å². The fraction of sp³-hybridized carbons (Fsp3) is 0.176. The van der Waals surface area contributed by atoms with Crippen molar-refractivity contribution < 1.29 is 19.2 Å². The third kappa shape index (κ3) is 2.72. The van der Waals surface area contributed by atoms with Crippen molar-refractivity contribution in [1.82, 2.24) is 4.57 Å². The molecule has 2 heterocycles. The van der Waals surface area contributed by atoms with E-state index in [-0.39, 0.29) is 12.5 Å². The van der Waals surface area contributed by atoms with Crippen LogP contribution >= 0.6 is 11.3 Å². The molecule has 0 spiro atoms. The number of nitro groups is 1. The Balaban J connectivity index is 1.77. The predicted octanol–water partition coefficient (Wildman–Crippen LogP) is 3.10. The van der Waals surface area contributed by atoms with Crippen molar-refractivity contribution in [2.24, 2.45) is 4.99 Å². The number of amides is 1. The van der Waals surface area contributed by atoms with Gasteiger partial charge in [0.1, 0.15) is 0 Å². The van der Waals surface area contributed by atoms with Gasteiger partial charge in [0.2, 0.25) is 6.79 Å². The third-order valence-corrected chi connectivity index (χ3v) is 5.06. The molecule has 0 saturated heterocycles. The van der Waals surface area contributed by atoms with E-state index in [0.717, 1.165) is 10.2 Å². The molecule has 0 N–H and O–H groups in total. The lowest BCUT2D eigenvalue weighted by molar-refractivity contribution is -0.384. The highest BCUT2D eigenvalue weighted by atomic mass is 32.1. The number of nitro benzene ring substituents is 1. The number of rotatable bonds is 3. The van der Waals surface area contributed by atoms with Crippen molar-refractivity contribution in [2.75, 3.05) is 6.79 Å². The maximum Gasteiger partial charge on any atom is 0.279 e. The van der Waals surface area contributed by atoms with E-state index in [4.69, 9.17) is 9.47 Å². The molecular weight excluding hydrogens is 358 g/mol. The van der Waals surface area contributed by atoms with Gasteiger partial charge in [-0.15, -0.1) is 0 Å². The molecule has 0 fully saturated rings. The number of nitrogens with zero attached hydrogens (tertiary/aromatic N) is 3. The number of hydrogen-bond acceptors (Lipinski definition) is 6. The minimum Gasteiger partial charge on any atom is -0.454 e. The van der Waals surface area contributed by atoms with Gasteiger partial charge in [0.15, 0.2) is 16.3 Å². The van der Waals surface area contributed by atoms with Gasteiger partial charge in [0.05, 0.1) is 15.1 Å². The van der Waals surface area contributed by atoms with Crippen LogP contribution in [-0.2, 0) is 6.54 Å². The van der Waals surface area contributed by atoms with Crippen LogP contribution in [0.3, 0.4) is 0 Å². The van der Waals surface area contributed by atoms with Gasteiger partial charge >= 0.3 is 0 Å². The first-order valence-corrected chi connectivity index (χ1v) is 8.65. The molecule has 1 aliphatic heterocycles. The molecule has 2 aromatic carbocycles. The number of ether oxygens (including phenoxy) is 2. The van der Waals surface area contributed by atoms with E-state index in [9.17, 15) is 14.9 Å². The van der Waals surface area contributed by atoms with Gasteiger partial charge in [-0.2, -0.15) is 4.99 Å². The molecule has 26 heavy (non-hydrogen) atoms. The molecule has 4 rings (SSSR count). The van der Waals surface area contributed by atoms with Crippen molar-refractivity contribution >= 4 is 33.1 Å². The fourth-order valence-electron chi connectivity index (χ4n) is 2.73. The lowest BCUT2D eigenvalue weighted by Crippen LogP contribution is -2.15. The Hall–Kier alpha value is -3.20. The van der Waals surface area contributed by atoms with Gasteiger partial charge in [-0.05, 0) is 19.1 Å². The number of fused-ring (bicyclic) bond motifs is 2. The number of aromatic nitrogens is 1. The second-order valence-corrected chi connectivity index (χ2v) is 6.53. The average Bonchev–Trinajstić information content (AvgIpc) is 3.22. The monoisotopic (exact) mass is 371 g/mol. The highest BCUT2D eigenvalue weighted by Gasteiger charge is 2.17. The maximum atomic E-state index is 12.4. The first-order valence-electron chi connectivity index (χ1n) is 7.83. The summed E-state index contributed by atoms with van der Waals surface area (Å²) in [5, 5.41) is 10.7. The molecule has 1 aromatic heterocycles. The lowest BCUT2D eigenvalue weighted by Gasteiger charge is -2.01. The second-order valence-electron chi connectivity index (χ2n) is 5.52. The molecule has 0 atom stereocenters. The van der Waals surface area contributed by atoms with Crippen LogP contribution in [0.4, 0.5) is 5.69 Å². The summed E-state index contributed by atoms with van der Waals surface area (Å²) < 4.78 is 13.7. The van der Waals surface area contributed by atoms with Gasteiger partial charge in [-0.3, -0.25) is 14.9 Å². The molecule has 0 saturated carbocycles. The summed E-state index contributed by atoms with van der Waals surface area (Å²) in [5.41, 5.74) is 1.14. The van der Waals surface area contributed by atoms with Crippen LogP contribution in [0.1, 0.15) is 17.3 Å². The van der Waals surface area contributed by atoms with E-state index < -0.39 is 10.8 Å². The Kier molecular flexibility index (Phi) is 3.92. The van der Waals surface area contributed by atoms with Gasteiger partial charge < -0.3 is 14.0 Å². The fourth-order valence-corrected chi connectivity index (χ4v) is 3.83. The number of carbonyl (C=O) groups excluding carboxylic acids is 1. The van der Waals surface area contributed by atoms with E-state index in [0.29, 0.717) is 28.4 Å². The van der Waals surface area contributed by atoms with Gasteiger partial charge in [0.25, 0.3) is 11.6 Å². The summed E-state index contributed by atoms with van der Waals surface area (Å²) in [6, 6.07) is 9.16. The zero-order valence-electron chi connectivity index (χ0n) is 13.7. The number of carbonyl (C=O) groups is 1. The van der Waals surface area contributed by atoms with Gasteiger partial charge in [-0.25, -0.2) is 0 Å². The molecule has 8 nitrogen and oxygen atoms in total. The quantitative estimate of drug-likeness (QED) is 0.521. The van der Waals surface area contributed by atoms with Crippen molar-refractivity contribution in [3.63, 3.8) is 0 Å². The van der Waals surface area contributed by atoms with Gasteiger partial charge in [0, 0.05) is 36.4 Å². The molecule has 0 radical (unpaired) electrons. The standard InChI is InChI=1S/C17H13N3O5S/c1-2-19-12-7-13-14(25-9-24-13)8-15(12)26-17(19)18-16(21)10-3-5-11(6-4-10)20(22)23/h3-8H,2,9H2,1H3. The highest BCUT2D eigenvalue weighted by molar-refractivity contribution is 7.16. The molecule has 0 aliphatic carbocycles. The first-order chi connectivity index (χ1) is 12.6. The second kappa shape index (κ2) is 6.26. The predicted molar refractivity (Wildman–Crippen MR) is 94.6 cm³/mol. The SMILES string of the molecule is CCn1c(=NC(=O)c2ccc([N+](=O)[O-])cc2)sc2cc3c(cc21)OCO3. The average molecular weight is 371 g/mol. The Morgan fingerprint density at radius 3 is 2.62 bits per heavy atom. The van der Waals surface area contributed by atoms with Crippen LogP contribution in [0, 0.1) is 10.1 Å². The van der Waals surface area contributed by atoms with E-state index in [1.807, 2.05) is 23.6 Å². The van der Waals surface area contributed by atoms with Crippen molar-refractivity contribution in [3.05, 3.63) is 56.9 Å². The summed E-state index contributed by atoms with van der Waals surface area (Å²) in [4.78, 5) is 27.4. The summed E-state index contributed by atoms with van der Waals surface area (Å²) >= 11 is 1.38. The number of thiazole rings is 1. The van der Waals surface area contributed by atoms with Crippen molar-refractivity contribution in [1.29, 1.82) is 0 Å². The largest absolute Gasteiger partial charge is 0.454 e. The number of benzene rings is 2. The number of non-ortho nitro benzene ring substituents is 1. The summed E-state index contributed by atoms with van der Waals surface area (Å²) in [6.07, 6.45) is 0. The third-order valence-electron chi connectivity index (χ3n) is 4.02. The summed E-state index contributed by atoms with van der Waals surface area (Å²) in [6.45, 7) is 2.80. The van der Waals surface area contributed by atoms with Crippen LogP contribution in [-0.4, -0.2) is 22.2 Å². The van der Waals surface area contributed by atoms with Crippen LogP contribution in [0.2, 0.25) is 0 Å². The molecular formula is C17H13N3O5S. The zero-order chi connectivity index (χ0) is 18.3. The molecule has 132 valence electrons. The topological polar surface area (TPSA) is 96.0 Å². The minimum atomic E-state index is -0.508. The Bertz CT molecular complexity index is 1100. The first kappa shape index (κ1) is 16.3. The molecule has 1 amide bonds. The molecule has 0 unspecified atom stereocenters. The van der Waals surface area contributed by atoms with Crippen molar-refractivity contribution in [3.8, 4) is 11.5 Å². The highest BCUT2D eigenvalue weighted by Crippen LogP contribution is 2.36. The smallest absolute Gasteiger partial charge is 0.279 e. The van der Waals surface area contributed by atoms with E-state index in [1.165, 1.54) is 35.6 Å². The minimum absolute atomic E-state index is 0.0680. The Labute approximate surface area is 151 Å². The van der Waals surface area contributed by atoms with Crippen LogP contribution < -0.4 is 14.3 Å². The Morgan fingerprint density at radius 2 is 1.96 bits per heavy atom. The lowest BCUT2D eigenvalue weighted by atomic mass is 10.2. The number of aryl methyl sites for hydroxylation is 1. The summed E-state index contributed by atoms with van der Waals surface area (Å²) in [5.74, 6) is 0.898. The molecule has 0 bridgehead atoms. The Morgan fingerprint density at radius 1 is 1.27 bits per heavy atom. The van der Waals surface area contributed by atoms with E-state index in [1.54, 1.807) is 0 Å². The summed E-state index contributed by atoms with van der Waals surface area (Å²) in [7, 11) is 0. The zero-order valence-corrected chi connectivity index (χ0v) is 14.5. The number of hydrogen-bond donors (Lipinski definition) is 0. The molecule has 1 aliphatic rings. The van der Waals surface area contributed by atoms with Crippen LogP contribution in [0.15, 0.2) is 41.4 Å².